The fraction of sp³-hybridized carbons (Fsp3) is 0.538. The lowest BCUT2D eigenvalue weighted by Gasteiger charge is -2.25. The van der Waals surface area contributed by atoms with Gasteiger partial charge in [-0.1, -0.05) is 23.7 Å². The van der Waals surface area contributed by atoms with Gasteiger partial charge in [-0.3, -0.25) is 0 Å². The van der Waals surface area contributed by atoms with Crippen LogP contribution in [0.25, 0.3) is 0 Å². The lowest BCUT2D eigenvalue weighted by molar-refractivity contribution is 0.128. The number of rotatable bonds is 5. The normalized spacial score (nSPS) is 11.8. The van der Waals surface area contributed by atoms with Crippen LogP contribution in [0.2, 0.25) is 5.02 Å². The molecule has 0 heterocycles. The lowest BCUT2D eigenvalue weighted by Crippen LogP contribution is -2.42. The third kappa shape index (κ3) is 4.12. The number of hydrogen-bond acceptors (Lipinski definition) is 2. The molecule has 0 aliphatic carbocycles. The first-order valence-electron chi connectivity index (χ1n) is 5.43. The molecular formula is C13H20ClNO. The topological polar surface area (TPSA) is 21.3 Å². The van der Waals surface area contributed by atoms with Crippen LogP contribution in [0.1, 0.15) is 25.0 Å². The maximum atomic E-state index is 6.16. The van der Waals surface area contributed by atoms with Crippen molar-refractivity contribution in [3.05, 3.63) is 34.3 Å². The summed E-state index contributed by atoms with van der Waals surface area (Å²) in [6.07, 6.45) is 0. The van der Waals surface area contributed by atoms with Crippen LogP contribution in [-0.2, 0) is 11.3 Å². The Bertz CT molecular complexity index is 350. The summed E-state index contributed by atoms with van der Waals surface area (Å²) in [4.78, 5) is 0. The first-order valence-corrected chi connectivity index (χ1v) is 5.81. The van der Waals surface area contributed by atoms with Crippen LogP contribution in [0.5, 0.6) is 0 Å². The molecule has 1 aromatic carbocycles. The number of nitrogens with one attached hydrogen (secondary N) is 1. The molecule has 0 saturated heterocycles. The molecule has 0 aromatic heterocycles. The van der Waals surface area contributed by atoms with Crippen molar-refractivity contribution in [2.24, 2.45) is 0 Å². The molecule has 0 fully saturated rings. The van der Waals surface area contributed by atoms with Crippen molar-refractivity contribution in [2.75, 3.05) is 13.7 Å². The molecule has 1 rings (SSSR count). The zero-order valence-corrected chi connectivity index (χ0v) is 11.2. The molecule has 90 valence electrons. The quantitative estimate of drug-likeness (QED) is 0.855. The average Bonchev–Trinajstić information content (AvgIpc) is 2.16. The van der Waals surface area contributed by atoms with E-state index in [2.05, 4.69) is 31.3 Å². The maximum Gasteiger partial charge on any atom is 0.0639 e. The largest absolute Gasteiger partial charge is 0.383 e. The van der Waals surface area contributed by atoms with E-state index < -0.39 is 0 Å². The van der Waals surface area contributed by atoms with Crippen LogP contribution >= 0.6 is 11.6 Å². The summed E-state index contributed by atoms with van der Waals surface area (Å²) >= 11 is 6.16. The molecule has 0 spiro atoms. The van der Waals surface area contributed by atoms with Crippen LogP contribution in [0, 0.1) is 6.92 Å². The molecule has 2 nitrogen and oxygen atoms in total. The van der Waals surface area contributed by atoms with Crippen LogP contribution in [0.4, 0.5) is 0 Å². The Labute approximate surface area is 103 Å². The highest BCUT2D eigenvalue weighted by molar-refractivity contribution is 6.31. The monoisotopic (exact) mass is 241 g/mol. The van der Waals surface area contributed by atoms with E-state index in [1.165, 1.54) is 5.56 Å². The Morgan fingerprint density at radius 3 is 2.62 bits per heavy atom. The van der Waals surface area contributed by atoms with E-state index in [-0.39, 0.29) is 5.54 Å². The Morgan fingerprint density at radius 2 is 2.06 bits per heavy atom. The molecule has 0 aliphatic rings. The van der Waals surface area contributed by atoms with Gasteiger partial charge in [0.05, 0.1) is 6.61 Å². The first kappa shape index (κ1) is 13.5. The number of halogens is 1. The minimum atomic E-state index is -0.0387. The first-order chi connectivity index (χ1) is 7.44. The van der Waals surface area contributed by atoms with Crippen LogP contribution < -0.4 is 5.32 Å². The van der Waals surface area contributed by atoms with Gasteiger partial charge in [-0.25, -0.2) is 0 Å². The number of methoxy groups -OCH3 is 1. The van der Waals surface area contributed by atoms with Gasteiger partial charge in [-0.15, -0.1) is 0 Å². The van der Waals surface area contributed by atoms with Gasteiger partial charge in [0.15, 0.2) is 0 Å². The van der Waals surface area contributed by atoms with Gasteiger partial charge in [0.2, 0.25) is 0 Å². The highest BCUT2D eigenvalue weighted by atomic mass is 35.5. The van der Waals surface area contributed by atoms with Crippen LogP contribution in [0.15, 0.2) is 18.2 Å². The zero-order chi connectivity index (χ0) is 12.2. The van der Waals surface area contributed by atoms with E-state index in [0.717, 1.165) is 17.1 Å². The minimum absolute atomic E-state index is 0.0387. The Kier molecular flexibility index (Phi) is 4.78. The fourth-order valence-corrected chi connectivity index (χ4v) is 1.84. The van der Waals surface area contributed by atoms with Gasteiger partial charge in [-0.2, -0.15) is 0 Å². The molecule has 3 heteroatoms. The van der Waals surface area contributed by atoms with Gasteiger partial charge >= 0.3 is 0 Å². The van der Waals surface area contributed by atoms with Crippen LogP contribution in [0.3, 0.4) is 0 Å². The van der Waals surface area contributed by atoms with Gasteiger partial charge < -0.3 is 10.1 Å². The summed E-state index contributed by atoms with van der Waals surface area (Å²) in [5.41, 5.74) is 2.27. The third-order valence-corrected chi connectivity index (χ3v) is 2.82. The smallest absolute Gasteiger partial charge is 0.0639 e. The van der Waals surface area contributed by atoms with E-state index in [9.17, 15) is 0 Å². The van der Waals surface area contributed by atoms with E-state index in [4.69, 9.17) is 16.3 Å². The molecular weight excluding hydrogens is 222 g/mol. The Hall–Kier alpha value is -0.570. The maximum absolute atomic E-state index is 6.16. The van der Waals surface area contributed by atoms with Gasteiger partial charge in [0, 0.05) is 24.2 Å². The van der Waals surface area contributed by atoms with Crippen molar-refractivity contribution in [1.82, 2.24) is 5.32 Å². The summed E-state index contributed by atoms with van der Waals surface area (Å²) < 4.78 is 5.15. The van der Waals surface area contributed by atoms with E-state index in [1.807, 2.05) is 13.0 Å². The Morgan fingerprint density at radius 1 is 1.38 bits per heavy atom. The second-order valence-electron chi connectivity index (χ2n) is 4.77. The minimum Gasteiger partial charge on any atom is -0.383 e. The van der Waals surface area contributed by atoms with E-state index in [1.54, 1.807) is 7.11 Å². The van der Waals surface area contributed by atoms with Crippen LogP contribution in [-0.4, -0.2) is 19.3 Å². The molecule has 0 aliphatic heterocycles. The predicted octanol–water partition coefficient (Wildman–Crippen LogP) is 3.16. The summed E-state index contributed by atoms with van der Waals surface area (Å²) in [7, 11) is 1.71. The molecule has 0 saturated carbocycles. The van der Waals surface area contributed by atoms with Gasteiger partial charge in [-0.05, 0) is 38.0 Å². The fourth-order valence-electron chi connectivity index (χ4n) is 1.54. The molecule has 16 heavy (non-hydrogen) atoms. The van der Waals surface area contributed by atoms with E-state index >= 15 is 0 Å². The van der Waals surface area contributed by atoms with Crippen molar-refractivity contribution in [3.8, 4) is 0 Å². The Balaban J connectivity index is 2.61. The zero-order valence-electron chi connectivity index (χ0n) is 10.4. The third-order valence-electron chi connectivity index (χ3n) is 2.47. The number of ether oxygens (including phenoxy) is 1. The highest BCUT2D eigenvalue weighted by Gasteiger charge is 2.16. The predicted molar refractivity (Wildman–Crippen MR) is 69.0 cm³/mol. The number of hydrogen-bond donors (Lipinski definition) is 1. The SMILES string of the molecule is COCC(C)(C)NCc1ccc(C)cc1Cl. The summed E-state index contributed by atoms with van der Waals surface area (Å²) in [6.45, 7) is 7.70. The molecule has 0 atom stereocenters. The number of aryl methyl sites for hydroxylation is 1. The van der Waals surface area contributed by atoms with Crippen molar-refractivity contribution >= 4 is 11.6 Å². The summed E-state index contributed by atoms with van der Waals surface area (Å²) in [5, 5.41) is 4.25. The molecule has 0 bridgehead atoms. The second kappa shape index (κ2) is 5.67. The van der Waals surface area contributed by atoms with Gasteiger partial charge in [0.25, 0.3) is 0 Å². The van der Waals surface area contributed by atoms with Crippen molar-refractivity contribution in [2.45, 2.75) is 32.9 Å². The molecule has 0 radical (unpaired) electrons. The average molecular weight is 242 g/mol. The van der Waals surface area contributed by atoms with Gasteiger partial charge in [0.1, 0.15) is 0 Å². The highest BCUT2D eigenvalue weighted by Crippen LogP contribution is 2.18. The van der Waals surface area contributed by atoms with E-state index in [0.29, 0.717) is 6.61 Å². The van der Waals surface area contributed by atoms with Crippen molar-refractivity contribution < 1.29 is 4.74 Å². The molecule has 1 N–H and O–H groups in total. The molecule has 1 aromatic rings. The number of benzene rings is 1. The summed E-state index contributed by atoms with van der Waals surface area (Å²) in [6, 6.07) is 6.13. The van der Waals surface area contributed by atoms with Crippen molar-refractivity contribution in [1.29, 1.82) is 0 Å². The second-order valence-corrected chi connectivity index (χ2v) is 5.17. The van der Waals surface area contributed by atoms with Crippen molar-refractivity contribution in [3.63, 3.8) is 0 Å². The summed E-state index contributed by atoms with van der Waals surface area (Å²) in [5.74, 6) is 0. The lowest BCUT2D eigenvalue weighted by atomic mass is 10.1. The molecule has 0 amide bonds. The molecule has 0 unspecified atom stereocenters. The standard InChI is InChI=1S/C13H20ClNO/c1-10-5-6-11(12(14)7-10)8-15-13(2,3)9-16-4/h5-7,15H,8-9H2,1-4H3.